The zero-order valence-corrected chi connectivity index (χ0v) is 8.93. The van der Waals surface area contributed by atoms with Crippen LogP contribution in [0.2, 0.25) is 5.02 Å². The highest BCUT2D eigenvalue weighted by Gasteiger charge is 2.24. The van der Waals surface area contributed by atoms with Gasteiger partial charge in [-0.15, -0.1) is 0 Å². The fourth-order valence-electron chi connectivity index (χ4n) is 1.57. The summed E-state index contributed by atoms with van der Waals surface area (Å²) in [7, 11) is 0. The lowest BCUT2D eigenvalue weighted by molar-refractivity contribution is 0.100. The molecule has 0 aliphatic carbocycles. The Morgan fingerprint density at radius 1 is 1.60 bits per heavy atom. The number of ether oxygens (including phenoxy) is 2. The maximum atomic E-state index is 11.5. The third-order valence-electron chi connectivity index (χ3n) is 2.27. The molecule has 0 radical (unpaired) electrons. The number of fused-ring (bicyclic) bond motifs is 1. The zero-order chi connectivity index (χ0) is 11.0. The first-order chi connectivity index (χ1) is 7.15. The number of halogens is 1. The third-order valence-corrected chi connectivity index (χ3v) is 2.63. The predicted octanol–water partition coefficient (Wildman–Crippen LogP) is 1.52. The monoisotopic (exact) mass is 227 g/mol. The summed E-state index contributed by atoms with van der Waals surface area (Å²) in [4.78, 5) is 11.5. The number of rotatable bonds is 2. The van der Waals surface area contributed by atoms with Crippen LogP contribution in [0, 0.1) is 6.92 Å². The van der Waals surface area contributed by atoms with Crippen LogP contribution < -0.4 is 15.2 Å². The molecule has 0 unspecified atom stereocenters. The molecule has 4 nitrogen and oxygen atoms in total. The van der Waals surface area contributed by atoms with E-state index in [4.69, 9.17) is 26.8 Å². The Kier molecular flexibility index (Phi) is 2.54. The van der Waals surface area contributed by atoms with Crippen LogP contribution in [0.1, 0.15) is 15.9 Å². The summed E-state index contributed by atoms with van der Waals surface area (Å²) in [5, 5.41) is 0.290. The van der Waals surface area contributed by atoms with Crippen LogP contribution in [-0.4, -0.2) is 19.1 Å². The molecule has 0 amide bonds. The van der Waals surface area contributed by atoms with Crippen LogP contribution in [0.4, 0.5) is 0 Å². The van der Waals surface area contributed by atoms with Gasteiger partial charge in [0.2, 0.25) is 6.79 Å². The second-order valence-corrected chi connectivity index (χ2v) is 3.62. The minimum absolute atomic E-state index is 0.0692. The van der Waals surface area contributed by atoms with E-state index in [1.807, 2.05) is 0 Å². The summed E-state index contributed by atoms with van der Waals surface area (Å²) < 4.78 is 10.4. The van der Waals surface area contributed by atoms with Gasteiger partial charge in [0.05, 0.1) is 11.6 Å². The summed E-state index contributed by atoms with van der Waals surface area (Å²) in [6.07, 6.45) is 0. The van der Waals surface area contributed by atoms with Gasteiger partial charge in [-0.05, 0) is 18.6 Å². The summed E-state index contributed by atoms with van der Waals surface area (Å²) in [5.41, 5.74) is 6.48. The minimum atomic E-state index is -0.198. The molecule has 2 rings (SSSR count). The lowest BCUT2D eigenvalue weighted by Gasteiger charge is -2.08. The number of aryl methyl sites for hydroxylation is 1. The van der Waals surface area contributed by atoms with Gasteiger partial charge in [-0.3, -0.25) is 4.79 Å². The van der Waals surface area contributed by atoms with Gasteiger partial charge in [0, 0.05) is 5.56 Å². The van der Waals surface area contributed by atoms with Gasteiger partial charge >= 0.3 is 0 Å². The van der Waals surface area contributed by atoms with Gasteiger partial charge in [0.25, 0.3) is 0 Å². The first-order valence-electron chi connectivity index (χ1n) is 4.47. The van der Waals surface area contributed by atoms with Crippen molar-refractivity contribution in [3.05, 3.63) is 22.2 Å². The molecule has 5 heteroatoms. The molecular weight excluding hydrogens is 218 g/mol. The molecule has 0 atom stereocenters. The number of carbonyl (C=O) groups is 1. The molecule has 0 fully saturated rings. The van der Waals surface area contributed by atoms with Crippen molar-refractivity contribution in [1.82, 2.24) is 0 Å². The smallest absolute Gasteiger partial charge is 0.231 e. The summed E-state index contributed by atoms with van der Waals surface area (Å²) in [5.74, 6) is 0.806. The Hall–Kier alpha value is -1.26. The van der Waals surface area contributed by atoms with E-state index in [1.165, 1.54) is 0 Å². The SMILES string of the molecule is Cc1cc2c(c(Cl)c1C(=O)CN)OCO2. The van der Waals surface area contributed by atoms with Crippen LogP contribution >= 0.6 is 11.6 Å². The zero-order valence-electron chi connectivity index (χ0n) is 8.17. The largest absolute Gasteiger partial charge is 0.454 e. The number of Topliss-reactive ketones (excluding diaryl/α,β-unsaturated/α-hetero) is 1. The topological polar surface area (TPSA) is 61.6 Å². The van der Waals surface area contributed by atoms with Crippen molar-refractivity contribution in [3.63, 3.8) is 0 Å². The van der Waals surface area contributed by atoms with Crippen molar-refractivity contribution in [2.24, 2.45) is 5.73 Å². The highest BCUT2D eigenvalue weighted by molar-refractivity contribution is 6.36. The van der Waals surface area contributed by atoms with E-state index in [9.17, 15) is 4.79 Å². The second kappa shape index (κ2) is 3.72. The Balaban J connectivity index is 2.61. The Morgan fingerprint density at radius 2 is 2.33 bits per heavy atom. The third kappa shape index (κ3) is 1.56. The van der Waals surface area contributed by atoms with Crippen molar-refractivity contribution in [2.75, 3.05) is 13.3 Å². The Morgan fingerprint density at radius 3 is 3.00 bits per heavy atom. The fraction of sp³-hybridized carbons (Fsp3) is 0.300. The van der Waals surface area contributed by atoms with Gasteiger partial charge in [-0.2, -0.15) is 0 Å². The van der Waals surface area contributed by atoms with Crippen LogP contribution in [0.25, 0.3) is 0 Å². The van der Waals surface area contributed by atoms with E-state index >= 15 is 0 Å². The molecule has 1 aliphatic heterocycles. The van der Waals surface area contributed by atoms with E-state index in [0.717, 1.165) is 5.56 Å². The first kappa shape index (κ1) is 10.3. The number of carbonyl (C=O) groups excluding carboxylic acids is 1. The average molecular weight is 228 g/mol. The molecule has 0 saturated carbocycles. The molecule has 15 heavy (non-hydrogen) atoms. The van der Waals surface area contributed by atoms with Crippen LogP contribution in [0.3, 0.4) is 0 Å². The summed E-state index contributed by atoms with van der Waals surface area (Å²) >= 11 is 6.05. The van der Waals surface area contributed by atoms with E-state index in [0.29, 0.717) is 17.1 Å². The highest BCUT2D eigenvalue weighted by Crippen LogP contribution is 2.42. The van der Waals surface area contributed by atoms with Crippen molar-refractivity contribution in [3.8, 4) is 11.5 Å². The molecule has 0 spiro atoms. The quantitative estimate of drug-likeness (QED) is 0.779. The number of benzene rings is 1. The fourth-order valence-corrected chi connectivity index (χ4v) is 1.97. The first-order valence-corrected chi connectivity index (χ1v) is 4.85. The molecule has 0 bridgehead atoms. The van der Waals surface area contributed by atoms with Crippen molar-refractivity contribution in [2.45, 2.75) is 6.92 Å². The lowest BCUT2D eigenvalue weighted by atomic mass is 10.0. The molecule has 1 aliphatic rings. The Bertz CT molecular complexity index is 431. The summed E-state index contributed by atoms with van der Waals surface area (Å²) in [6.45, 7) is 1.85. The highest BCUT2D eigenvalue weighted by atomic mass is 35.5. The van der Waals surface area contributed by atoms with E-state index in [1.54, 1.807) is 13.0 Å². The van der Waals surface area contributed by atoms with Crippen LogP contribution in [0.15, 0.2) is 6.07 Å². The Labute approximate surface area is 91.9 Å². The minimum Gasteiger partial charge on any atom is -0.454 e. The molecule has 1 aromatic rings. The van der Waals surface area contributed by atoms with E-state index in [-0.39, 0.29) is 24.1 Å². The van der Waals surface area contributed by atoms with Crippen molar-refractivity contribution in [1.29, 1.82) is 0 Å². The van der Waals surface area contributed by atoms with Gasteiger partial charge < -0.3 is 15.2 Å². The van der Waals surface area contributed by atoms with E-state index < -0.39 is 0 Å². The van der Waals surface area contributed by atoms with Crippen LogP contribution in [-0.2, 0) is 0 Å². The van der Waals surface area contributed by atoms with Crippen molar-refractivity contribution >= 4 is 17.4 Å². The van der Waals surface area contributed by atoms with E-state index in [2.05, 4.69) is 0 Å². The molecular formula is C10H10ClNO3. The molecule has 0 saturated heterocycles. The van der Waals surface area contributed by atoms with Gasteiger partial charge in [0.1, 0.15) is 0 Å². The number of nitrogens with two attached hydrogens (primary N) is 1. The molecule has 1 aromatic carbocycles. The summed E-state index contributed by atoms with van der Waals surface area (Å²) in [6, 6.07) is 1.73. The van der Waals surface area contributed by atoms with Crippen molar-refractivity contribution < 1.29 is 14.3 Å². The predicted molar refractivity (Wildman–Crippen MR) is 55.7 cm³/mol. The molecule has 80 valence electrons. The maximum Gasteiger partial charge on any atom is 0.231 e. The normalized spacial score (nSPS) is 13.0. The second-order valence-electron chi connectivity index (χ2n) is 3.24. The van der Waals surface area contributed by atoms with Gasteiger partial charge in [-0.25, -0.2) is 0 Å². The average Bonchev–Trinajstić information content (AvgIpc) is 2.65. The number of ketones is 1. The standard InChI is InChI=1S/C10H10ClNO3/c1-5-2-7-10(15-4-14-7)9(11)8(5)6(13)3-12/h2H,3-4,12H2,1H3. The van der Waals surface area contributed by atoms with Gasteiger partial charge in [-0.1, -0.05) is 11.6 Å². The number of hydrogen-bond donors (Lipinski definition) is 1. The van der Waals surface area contributed by atoms with Crippen LogP contribution in [0.5, 0.6) is 11.5 Å². The van der Waals surface area contributed by atoms with Gasteiger partial charge in [0.15, 0.2) is 17.3 Å². The molecule has 0 aromatic heterocycles. The molecule has 2 N–H and O–H groups in total. The number of hydrogen-bond acceptors (Lipinski definition) is 4. The lowest BCUT2D eigenvalue weighted by Crippen LogP contribution is -2.15. The molecule has 1 heterocycles. The maximum absolute atomic E-state index is 11.5.